The van der Waals surface area contributed by atoms with Crippen molar-refractivity contribution in [3.05, 3.63) is 48.2 Å². The lowest BCUT2D eigenvalue weighted by molar-refractivity contribution is -0.121. The maximum Gasteiger partial charge on any atom is 0.239 e. The van der Waals surface area contributed by atoms with Gasteiger partial charge in [-0.1, -0.05) is 30.3 Å². The molecule has 1 saturated heterocycles. The molecule has 0 unspecified atom stereocenters. The van der Waals surface area contributed by atoms with Crippen LogP contribution in [0.1, 0.15) is 19.4 Å². The van der Waals surface area contributed by atoms with Gasteiger partial charge in [-0.2, -0.15) is 5.10 Å². The Morgan fingerprint density at radius 3 is 2.62 bits per heavy atom. The summed E-state index contributed by atoms with van der Waals surface area (Å²) in [6.07, 6.45) is 2.02. The maximum absolute atomic E-state index is 12.4. The van der Waals surface area contributed by atoms with Crippen molar-refractivity contribution in [2.75, 3.05) is 25.0 Å². The number of amides is 1. The second-order valence-corrected chi connectivity index (χ2v) is 6.36. The molecule has 0 radical (unpaired) electrons. The molecule has 128 valence electrons. The van der Waals surface area contributed by atoms with E-state index in [0.29, 0.717) is 13.1 Å². The highest BCUT2D eigenvalue weighted by molar-refractivity contribution is 5.91. The van der Waals surface area contributed by atoms with E-state index in [1.807, 2.05) is 50.2 Å². The van der Waals surface area contributed by atoms with Gasteiger partial charge in [0.2, 0.25) is 5.91 Å². The monoisotopic (exact) mass is 328 g/mol. The van der Waals surface area contributed by atoms with E-state index in [4.69, 9.17) is 4.74 Å². The molecule has 0 saturated carbocycles. The van der Waals surface area contributed by atoms with Crippen molar-refractivity contribution < 1.29 is 9.53 Å². The van der Waals surface area contributed by atoms with E-state index in [2.05, 4.69) is 15.3 Å². The molecule has 3 rings (SSSR count). The van der Waals surface area contributed by atoms with Gasteiger partial charge in [0.15, 0.2) is 0 Å². The van der Waals surface area contributed by atoms with Crippen LogP contribution in [0.5, 0.6) is 0 Å². The van der Waals surface area contributed by atoms with Gasteiger partial charge in [0, 0.05) is 19.2 Å². The molecule has 2 heterocycles. The fourth-order valence-electron chi connectivity index (χ4n) is 3.12. The fraction of sp³-hybridized carbons (Fsp3) is 0.444. The van der Waals surface area contributed by atoms with Crippen LogP contribution in [0.25, 0.3) is 0 Å². The van der Waals surface area contributed by atoms with E-state index in [-0.39, 0.29) is 18.1 Å². The summed E-state index contributed by atoms with van der Waals surface area (Å²) >= 11 is 0. The van der Waals surface area contributed by atoms with Crippen LogP contribution in [-0.2, 0) is 16.1 Å². The molecular weight excluding hydrogens is 304 g/mol. The van der Waals surface area contributed by atoms with E-state index >= 15 is 0 Å². The van der Waals surface area contributed by atoms with Crippen LogP contribution in [0.2, 0.25) is 0 Å². The molecule has 1 aliphatic heterocycles. The molecular formula is C18H24N4O2. The minimum absolute atomic E-state index is 0.0221. The van der Waals surface area contributed by atoms with E-state index in [1.165, 1.54) is 0 Å². The average Bonchev–Trinajstić information content (AvgIpc) is 2.94. The Morgan fingerprint density at radius 2 is 1.92 bits per heavy atom. The number of nitrogens with zero attached hydrogens (tertiary/aromatic N) is 3. The summed E-state index contributed by atoms with van der Waals surface area (Å²) in [6.45, 7) is 6.64. The maximum atomic E-state index is 12.4. The number of anilines is 1. The largest absolute Gasteiger partial charge is 0.373 e. The normalized spacial score (nSPS) is 21.6. The van der Waals surface area contributed by atoms with Gasteiger partial charge in [0.1, 0.15) is 5.82 Å². The summed E-state index contributed by atoms with van der Waals surface area (Å²) in [5.74, 6) is 0.698. The van der Waals surface area contributed by atoms with Crippen LogP contribution in [-0.4, -0.2) is 52.4 Å². The second-order valence-electron chi connectivity index (χ2n) is 6.36. The average molecular weight is 328 g/mol. The number of rotatable bonds is 5. The first kappa shape index (κ1) is 16.7. The predicted molar refractivity (Wildman–Crippen MR) is 92.8 cm³/mol. The van der Waals surface area contributed by atoms with Crippen molar-refractivity contribution >= 4 is 11.7 Å². The van der Waals surface area contributed by atoms with Gasteiger partial charge in [-0.15, -0.1) is 0 Å². The molecule has 1 fully saturated rings. The Labute approximate surface area is 142 Å². The number of hydrogen-bond donors (Lipinski definition) is 1. The van der Waals surface area contributed by atoms with Gasteiger partial charge < -0.3 is 10.1 Å². The zero-order valence-corrected chi connectivity index (χ0v) is 14.2. The number of aromatic nitrogens is 2. The highest BCUT2D eigenvalue weighted by Gasteiger charge is 2.23. The van der Waals surface area contributed by atoms with Crippen molar-refractivity contribution in [2.24, 2.45) is 0 Å². The molecule has 1 aromatic heterocycles. The van der Waals surface area contributed by atoms with Gasteiger partial charge in [-0.3, -0.25) is 9.69 Å². The van der Waals surface area contributed by atoms with Crippen LogP contribution in [0.15, 0.2) is 42.6 Å². The van der Waals surface area contributed by atoms with Crippen molar-refractivity contribution in [1.82, 2.24) is 14.7 Å². The van der Waals surface area contributed by atoms with Gasteiger partial charge in [-0.05, 0) is 19.4 Å². The number of morpholine rings is 1. The number of benzene rings is 1. The lowest BCUT2D eigenvalue weighted by Gasteiger charge is -2.34. The van der Waals surface area contributed by atoms with Gasteiger partial charge in [-0.25, -0.2) is 4.68 Å². The summed E-state index contributed by atoms with van der Waals surface area (Å²) in [5, 5.41) is 7.27. The zero-order valence-electron chi connectivity index (χ0n) is 14.2. The predicted octanol–water partition coefficient (Wildman–Crippen LogP) is 1.98. The number of carbonyl (C=O) groups is 1. The van der Waals surface area contributed by atoms with Crippen molar-refractivity contribution in [3.63, 3.8) is 0 Å². The summed E-state index contributed by atoms with van der Waals surface area (Å²) in [7, 11) is 0. The molecule has 1 aliphatic rings. The second kappa shape index (κ2) is 7.59. The minimum Gasteiger partial charge on any atom is -0.373 e. The summed E-state index contributed by atoms with van der Waals surface area (Å²) in [6, 6.07) is 11.9. The van der Waals surface area contributed by atoms with E-state index in [1.54, 1.807) is 10.9 Å². The quantitative estimate of drug-likeness (QED) is 0.912. The number of carbonyl (C=O) groups excluding carboxylic acids is 1. The van der Waals surface area contributed by atoms with Crippen LogP contribution in [0, 0.1) is 0 Å². The number of ether oxygens (including phenoxy) is 1. The summed E-state index contributed by atoms with van der Waals surface area (Å²) in [5.41, 5.74) is 1.15. The van der Waals surface area contributed by atoms with Crippen molar-refractivity contribution in [3.8, 4) is 0 Å². The van der Waals surface area contributed by atoms with Crippen LogP contribution in [0.4, 0.5) is 5.82 Å². The smallest absolute Gasteiger partial charge is 0.239 e. The molecule has 2 aromatic rings. The third kappa shape index (κ3) is 4.43. The van der Waals surface area contributed by atoms with Crippen molar-refractivity contribution in [1.29, 1.82) is 0 Å². The Morgan fingerprint density at radius 1 is 1.21 bits per heavy atom. The Kier molecular flexibility index (Phi) is 5.27. The molecule has 1 amide bonds. The Hall–Kier alpha value is -2.18. The number of hydrogen-bond acceptors (Lipinski definition) is 4. The van der Waals surface area contributed by atoms with Crippen LogP contribution in [0.3, 0.4) is 0 Å². The molecule has 0 bridgehead atoms. The summed E-state index contributed by atoms with van der Waals surface area (Å²) in [4.78, 5) is 14.5. The fourth-order valence-corrected chi connectivity index (χ4v) is 3.12. The molecule has 0 aliphatic carbocycles. The lowest BCUT2D eigenvalue weighted by atomic mass is 10.2. The van der Waals surface area contributed by atoms with E-state index in [9.17, 15) is 4.79 Å². The van der Waals surface area contributed by atoms with Crippen LogP contribution >= 0.6 is 0 Å². The minimum atomic E-state index is -0.0221. The van der Waals surface area contributed by atoms with Gasteiger partial charge in [0.05, 0.1) is 31.5 Å². The molecule has 6 heteroatoms. The third-order valence-corrected chi connectivity index (χ3v) is 4.02. The molecule has 24 heavy (non-hydrogen) atoms. The molecule has 1 N–H and O–H groups in total. The highest BCUT2D eigenvalue weighted by Crippen LogP contribution is 2.12. The first-order valence-corrected chi connectivity index (χ1v) is 8.33. The van der Waals surface area contributed by atoms with E-state index in [0.717, 1.165) is 24.5 Å². The Balaban J connectivity index is 1.58. The van der Waals surface area contributed by atoms with Gasteiger partial charge in [0.25, 0.3) is 0 Å². The molecule has 2 atom stereocenters. The van der Waals surface area contributed by atoms with Crippen molar-refractivity contribution in [2.45, 2.75) is 32.6 Å². The van der Waals surface area contributed by atoms with E-state index < -0.39 is 0 Å². The zero-order chi connectivity index (χ0) is 16.9. The Bertz CT molecular complexity index is 661. The summed E-state index contributed by atoms with van der Waals surface area (Å²) < 4.78 is 7.51. The topological polar surface area (TPSA) is 59.4 Å². The molecule has 6 nitrogen and oxygen atoms in total. The highest BCUT2D eigenvalue weighted by atomic mass is 16.5. The first-order chi connectivity index (χ1) is 11.6. The third-order valence-electron chi connectivity index (χ3n) is 4.02. The van der Waals surface area contributed by atoms with Crippen LogP contribution < -0.4 is 5.32 Å². The molecule has 0 spiro atoms. The molecule has 1 aromatic carbocycles. The number of nitrogens with one attached hydrogen (secondary N) is 1. The first-order valence-electron chi connectivity index (χ1n) is 8.33. The lowest BCUT2D eigenvalue weighted by Crippen LogP contribution is -2.48. The standard InChI is InChI=1S/C18H24N4O2/c1-14-10-21(11-15(2)24-14)13-18(23)20-17-8-9-19-22(17)12-16-6-4-3-5-7-16/h3-9,14-15H,10-13H2,1-2H3,(H,20,23)/t14-,15-/m1/s1. The van der Waals surface area contributed by atoms with Gasteiger partial charge >= 0.3 is 0 Å². The SMILES string of the molecule is C[C@@H]1CN(CC(=O)Nc2ccnn2Cc2ccccc2)C[C@@H](C)O1.